The molecule has 2 rings (SSSR count). The molecule has 2 aromatic carbocycles. The van der Waals surface area contributed by atoms with Gasteiger partial charge in [0.2, 0.25) is 0 Å². The van der Waals surface area contributed by atoms with Gasteiger partial charge >= 0.3 is 0 Å². The maximum atomic E-state index is 12.3. The van der Waals surface area contributed by atoms with E-state index in [1.165, 1.54) is 0 Å². The summed E-state index contributed by atoms with van der Waals surface area (Å²) in [5.41, 5.74) is 2.24. The second-order valence-corrected chi connectivity index (χ2v) is 5.73. The molecular formula is C16H16INO3. The summed E-state index contributed by atoms with van der Waals surface area (Å²) in [7, 11) is 3.15. The van der Waals surface area contributed by atoms with Crippen LogP contribution in [0.15, 0.2) is 36.4 Å². The lowest BCUT2D eigenvalue weighted by molar-refractivity contribution is 0.102. The summed E-state index contributed by atoms with van der Waals surface area (Å²) in [4.78, 5) is 12.3. The van der Waals surface area contributed by atoms with Gasteiger partial charge in [-0.2, -0.15) is 0 Å². The number of nitrogens with one attached hydrogen (secondary N) is 1. The van der Waals surface area contributed by atoms with Crippen LogP contribution < -0.4 is 14.8 Å². The van der Waals surface area contributed by atoms with Gasteiger partial charge in [-0.15, -0.1) is 0 Å². The van der Waals surface area contributed by atoms with Crippen LogP contribution in [-0.4, -0.2) is 20.1 Å². The van der Waals surface area contributed by atoms with Crippen molar-refractivity contribution in [3.8, 4) is 11.5 Å². The molecule has 0 aliphatic heterocycles. The van der Waals surface area contributed by atoms with E-state index in [4.69, 9.17) is 9.47 Å². The summed E-state index contributed by atoms with van der Waals surface area (Å²) in [6, 6.07) is 11.0. The quantitative estimate of drug-likeness (QED) is 0.797. The van der Waals surface area contributed by atoms with Gasteiger partial charge < -0.3 is 14.8 Å². The predicted octanol–water partition coefficient (Wildman–Crippen LogP) is 3.87. The molecule has 0 saturated heterocycles. The number of hydrogen-bond donors (Lipinski definition) is 1. The first-order chi connectivity index (χ1) is 10.0. The van der Waals surface area contributed by atoms with E-state index in [1.807, 2.05) is 31.2 Å². The second-order valence-electron chi connectivity index (χ2n) is 4.49. The fourth-order valence-corrected chi connectivity index (χ4v) is 2.48. The van der Waals surface area contributed by atoms with Crippen LogP contribution >= 0.6 is 22.6 Å². The zero-order valence-electron chi connectivity index (χ0n) is 12.1. The fraction of sp³-hybridized carbons (Fsp3) is 0.188. The molecule has 1 amide bonds. The van der Waals surface area contributed by atoms with E-state index in [1.54, 1.807) is 26.4 Å². The van der Waals surface area contributed by atoms with Crippen molar-refractivity contribution in [1.82, 2.24) is 0 Å². The Kier molecular flexibility index (Phi) is 5.06. The molecule has 5 heteroatoms. The van der Waals surface area contributed by atoms with Gasteiger partial charge in [0.15, 0.2) is 11.5 Å². The minimum Gasteiger partial charge on any atom is -0.493 e. The first-order valence-corrected chi connectivity index (χ1v) is 7.42. The Balaban J connectivity index is 2.29. The maximum absolute atomic E-state index is 12.3. The number of rotatable bonds is 4. The minimum absolute atomic E-state index is 0.149. The summed E-state index contributed by atoms with van der Waals surface area (Å²) < 4.78 is 11.5. The number of carbonyl (C=O) groups excluding carboxylic acids is 1. The summed E-state index contributed by atoms with van der Waals surface area (Å²) >= 11 is 2.18. The normalized spacial score (nSPS) is 10.1. The zero-order chi connectivity index (χ0) is 15.4. The van der Waals surface area contributed by atoms with Crippen LogP contribution in [0.2, 0.25) is 0 Å². The molecule has 0 spiro atoms. The SMILES string of the molecule is COc1cc(C)c(NC(=O)c2cccc(I)c2)cc1OC. The van der Waals surface area contributed by atoms with Gasteiger partial charge in [0, 0.05) is 20.9 Å². The molecule has 2 aromatic rings. The Morgan fingerprint density at radius 2 is 1.76 bits per heavy atom. The van der Waals surface area contributed by atoms with Crippen LogP contribution in [-0.2, 0) is 0 Å². The van der Waals surface area contributed by atoms with Crippen LogP contribution in [0.5, 0.6) is 11.5 Å². The van der Waals surface area contributed by atoms with E-state index >= 15 is 0 Å². The van der Waals surface area contributed by atoms with Gasteiger partial charge in [0.05, 0.1) is 14.2 Å². The number of anilines is 1. The smallest absolute Gasteiger partial charge is 0.255 e. The molecule has 4 nitrogen and oxygen atoms in total. The Labute approximate surface area is 137 Å². The van der Waals surface area contributed by atoms with E-state index in [9.17, 15) is 4.79 Å². The molecule has 0 unspecified atom stereocenters. The number of benzene rings is 2. The summed E-state index contributed by atoms with van der Waals surface area (Å²) in [5, 5.41) is 2.90. The Bertz CT molecular complexity index is 671. The van der Waals surface area contributed by atoms with Gasteiger partial charge in [-0.25, -0.2) is 0 Å². The average molecular weight is 397 g/mol. The molecule has 21 heavy (non-hydrogen) atoms. The second kappa shape index (κ2) is 6.80. The monoisotopic (exact) mass is 397 g/mol. The lowest BCUT2D eigenvalue weighted by Gasteiger charge is -2.13. The van der Waals surface area contributed by atoms with Crippen LogP contribution in [0, 0.1) is 10.5 Å². The van der Waals surface area contributed by atoms with Crippen molar-refractivity contribution in [1.29, 1.82) is 0 Å². The van der Waals surface area contributed by atoms with Crippen molar-refractivity contribution in [2.24, 2.45) is 0 Å². The van der Waals surface area contributed by atoms with Crippen molar-refractivity contribution in [2.45, 2.75) is 6.92 Å². The third-order valence-corrected chi connectivity index (χ3v) is 3.74. The lowest BCUT2D eigenvalue weighted by atomic mass is 10.1. The van der Waals surface area contributed by atoms with Crippen LogP contribution in [0.3, 0.4) is 0 Å². The van der Waals surface area contributed by atoms with Crippen LogP contribution in [0.25, 0.3) is 0 Å². The number of halogens is 1. The van der Waals surface area contributed by atoms with E-state index in [0.717, 1.165) is 9.13 Å². The molecule has 110 valence electrons. The number of hydrogen-bond acceptors (Lipinski definition) is 3. The summed E-state index contributed by atoms with van der Waals surface area (Å²) in [6.07, 6.45) is 0. The van der Waals surface area contributed by atoms with E-state index in [-0.39, 0.29) is 5.91 Å². The topological polar surface area (TPSA) is 47.6 Å². The Hall–Kier alpha value is -1.76. The van der Waals surface area contributed by atoms with Gasteiger partial charge in [-0.1, -0.05) is 6.07 Å². The number of amides is 1. The Morgan fingerprint density at radius 1 is 1.10 bits per heavy atom. The van der Waals surface area contributed by atoms with Crippen LogP contribution in [0.4, 0.5) is 5.69 Å². The van der Waals surface area contributed by atoms with Gasteiger partial charge in [-0.3, -0.25) is 4.79 Å². The molecule has 0 aliphatic carbocycles. The minimum atomic E-state index is -0.149. The highest BCUT2D eigenvalue weighted by atomic mass is 127. The summed E-state index contributed by atoms with van der Waals surface area (Å²) in [6.45, 7) is 1.91. The summed E-state index contributed by atoms with van der Waals surface area (Å²) in [5.74, 6) is 1.08. The largest absolute Gasteiger partial charge is 0.493 e. The van der Waals surface area contributed by atoms with Gasteiger partial charge in [0.1, 0.15) is 0 Å². The average Bonchev–Trinajstić information content (AvgIpc) is 2.48. The Morgan fingerprint density at radius 3 is 2.38 bits per heavy atom. The molecule has 0 aromatic heterocycles. The van der Waals surface area contributed by atoms with Crippen LogP contribution in [0.1, 0.15) is 15.9 Å². The van der Waals surface area contributed by atoms with Gasteiger partial charge in [0.25, 0.3) is 5.91 Å². The molecule has 0 saturated carbocycles. The highest BCUT2D eigenvalue weighted by Crippen LogP contribution is 2.33. The molecule has 0 heterocycles. The molecule has 0 atom stereocenters. The van der Waals surface area contributed by atoms with Crippen molar-refractivity contribution >= 4 is 34.2 Å². The van der Waals surface area contributed by atoms with E-state index in [2.05, 4.69) is 27.9 Å². The van der Waals surface area contributed by atoms with E-state index in [0.29, 0.717) is 22.7 Å². The van der Waals surface area contributed by atoms with Gasteiger partial charge in [-0.05, 0) is 59.3 Å². The third-order valence-electron chi connectivity index (χ3n) is 3.07. The number of aryl methyl sites for hydroxylation is 1. The molecule has 0 fully saturated rings. The third kappa shape index (κ3) is 3.66. The number of carbonyl (C=O) groups is 1. The van der Waals surface area contributed by atoms with Crippen molar-refractivity contribution in [3.63, 3.8) is 0 Å². The standard InChI is InChI=1S/C16H16INO3/c1-10-7-14(20-2)15(21-3)9-13(10)18-16(19)11-5-4-6-12(17)8-11/h4-9H,1-3H3,(H,18,19). The molecule has 1 N–H and O–H groups in total. The molecule has 0 radical (unpaired) electrons. The first-order valence-electron chi connectivity index (χ1n) is 6.34. The fourth-order valence-electron chi connectivity index (χ4n) is 1.94. The lowest BCUT2D eigenvalue weighted by Crippen LogP contribution is -2.13. The van der Waals surface area contributed by atoms with Crippen molar-refractivity contribution in [3.05, 3.63) is 51.1 Å². The zero-order valence-corrected chi connectivity index (χ0v) is 14.2. The van der Waals surface area contributed by atoms with Crippen molar-refractivity contribution < 1.29 is 14.3 Å². The maximum Gasteiger partial charge on any atom is 0.255 e. The highest BCUT2D eigenvalue weighted by Gasteiger charge is 2.12. The molecule has 0 bridgehead atoms. The number of methoxy groups -OCH3 is 2. The molecular weight excluding hydrogens is 381 g/mol. The highest BCUT2D eigenvalue weighted by molar-refractivity contribution is 14.1. The van der Waals surface area contributed by atoms with Crippen molar-refractivity contribution in [2.75, 3.05) is 19.5 Å². The number of ether oxygens (including phenoxy) is 2. The van der Waals surface area contributed by atoms with E-state index < -0.39 is 0 Å². The molecule has 0 aliphatic rings. The first kappa shape index (κ1) is 15.6. The predicted molar refractivity (Wildman–Crippen MR) is 91.4 cm³/mol.